The first-order valence-electron chi connectivity index (χ1n) is 5.83. The first-order valence-corrected chi connectivity index (χ1v) is 6.28. The second-order valence-corrected chi connectivity index (χ2v) is 4.61. The van der Waals surface area contributed by atoms with Crippen molar-refractivity contribution >= 4 is 18.5 Å². The monoisotopic (exact) mass is 269 g/mol. The van der Waals surface area contributed by atoms with E-state index in [4.69, 9.17) is 4.74 Å². The lowest BCUT2D eigenvalue weighted by atomic mass is 10.1. The Hall–Kier alpha value is -1.04. The molecule has 1 unspecified atom stereocenters. The maximum Gasteiger partial charge on any atom is 0.224 e. The number of benzene rings is 1. The molecule has 4 nitrogen and oxygen atoms in total. The minimum Gasteiger partial charge on any atom is -0.391 e. The SMILES string of the molecule is COCC(O)CCNC(=O)Cc1ccc(S)cc1. The van der Waals surface area contributed by atoms with Crippen LogP contribution in [0.4, 0.5) is 0 Å². The van der Waals surface area contributed by atoms with Gasteiger partial charge in [-0.2, -0.15) is 0 Å². The average molecular weight is 269 g/mol. The van der Waals surface area contributed by atoms with Gasteiger partial charge in [0.05, 0.1) is 19.1 Å². The van der Waals surface area contributed by atoms with Crippen molar-refractivity contribution in [2.24, 2.45) is 0 Å². The van der Waals surface area contributed by atoms with E-state index < -0.39 is 6.10 Å². The van der Waals surface area contributed by atoms with Crippen LogP contribution in [0.3, 0.4) is 0 Å². The fourth-order valence-corrected chi connectivity index (χ4v) is 1.66. The first-order chi connectivity index (χ1) is 8.61. The molecule has 1 atom stereocenters. The number of aliphatic hydroxyl groups excluding tert-OH is 1. The van der Waals surface area contributed by atoms with Crippen molar-refractivity contribution in [1.29, 1.82) is 0 Å². The third-order valence-electron chi connectivity index (χ3n) is 2.46. The molecular weight excluding hydrogens is 250 g/mol. The Morgan fingerprint density at radius 2 is 2.11 bits per heavy atom. The Balaban J connectivity index is 2.23. The molecule has 100 valence electrons. The molecule has 0 saturated carbocycles. The molecule has 1 rings (SSSR count). The van der Waals surface area contributed by atoms with Gasteiger partial charge in [0.2, 0.25) is 5.91 Å². The van der Waals surface area contributed by atoms with E-state index >= 15 is 0 Å². The van der Waals surface area contributed by atoms with Crippen LogP contribution in [0.1, 0.15) is 12.0 Å². The average Bonchev–Trinajstić information content (AvgIpc) is 2.32. The van der Waals surface area contributed by atoms with Crippen molar-refractivity contribution in [3.8, 4) is 0 Å². The Morgan fingerprint density at radius 3 is 2.72 bits per heavy atom. The van der Waals surface area contributed by atoms with Crippen molar-refractivity contribution in [2.45, 2.75) is 23.8 Å². The number of ether oxygens (including phenoxy) is 1. The largest absolute Gasteiger partial charge is 0.391 e. The quantitative estimate of drug-likeness (QED) is 0.648. The zero-order valence-corrected chi connectivity index (χ0v) is 11.3. The van der Waals surface area contributed by atoms with Gasteiger partial charge in [-0.1, -0.05) is 12.1 Å². The third kappa shape index (κ3) is 6.05. The van der Waals surface area contributed by atoms with Crippen LogP contribution < -0.4 is 5.32 Å². The van der Waals surface area contributed by atoms with Crippen molar-refractivity contribution < 1.29 is 14.6 Å². The lowest BCUT2D eigenvalue weighted by molar-refractivity contribution is -0.120. The summed E-state index contributed by atoms with van der Waals surface area (Å²) in [6.45, 7) is 0.743. The second-order valence-electron chi connectivity index (χ2n) is 4.09. The van der Waals surface area contributed by atoms with E-state index in [9.17, 15) is 9.90 Å². The minimum absolute atomic E-state index is 0.0495. The first kappa shape index (κ1) is 15.0. The van der Waals surface area contributed by atoms with Crippen LogP contribution in [-0.4, -0.2) is 37.4 Å². The maximum atomic E-state index is 11.6. The molecule has 5 heteroatoms. The van der Waals surface area contributed by atoms with Crippen LogP contribution >= 0.6 is 12.6 Å². The van der Waals surface area contributed by atoms with Crippen LogP contribution in [-0.2, 0) is 16.0 Å². The normalized spacial score (nSPS) is 12.2. The van der Waals surface area contributed by atoms with E-state index in [0.29, 0.717) is 26.0 Å². The van der Waals surface area contributed by atoms with E-state index in [0.717, 1.165) is 10.5 Å². The molecule has 0 aromatic heterocycles. The van der Waals surface area contributed by atoms with Crippen molar-refractivity contribution in [3.63, 3.8) is 0 Å². The van der Waals surface area contributed by atoms with Gasteiger partial charge in [-0.05, 0) is 24.1 Å². The molecule has 1 aromatic carbocycles. The zero-order valence-electron chi connectivity index (χ0n) is 10.4. The number of amides is 1. The number of thiol groups is 1. The van der Waals surface area contributed by atoms with Gasteiger partial charge in [0.15, 0.2) is 0 Å². The van der Waals surface area contributed by atoms with E-state index in [1.54, 1.807) is 0 Å². The van der Waals surface area contributed by atoms with Gasteiger partial charge < -0.3 is 15.2 Å². The molecular formula is C13H19NO3S. The highest BCUT2D eigenvalue weighted by Crippen LogP contribution is 2.08. The maximum absolute atomic E-state index is 11.6. The Bertz CT molecular complexity index is 367. The molecule has 1 amide bonds. The number of hydrogen-bond donors (Lipinski definition) is 3. The number of hydrogen-bond acceptors (Lipinski definition) is 4. The van der Waals surface area contributed by atoms with Crippen LogP contribution in [0.15, 0.2) is 29.2 Å². The predicted molar refractivity (Wildman–Crippen MR) is 72.9 cm³/mol. The summed E-state index contributed by atoms with van der Waals surface area (Å²) in [6.07, 6.45) is 0.308. The number of carbonyl (C=O) groups is 1. The molecule has 0 spiro atoms. The van der Waals surface area contributed by atoms with Gasteiger partial charge >= 0.3 is 0 Å². The summed E-state index contributed by atoms with van der Waals surface area (Å²) in [5.41, 5.74) is 0.947. The van der Waals surface area contributed by atoms with Gasteiger partial charge in [0.25, 0.3) is 0 Å². The van der Waals surface area contributed by atoms with Crippen LogP contribution in [0.25, 0.3) is 0 Å². The molecule has 0 aliphatic rings. The Kier molecular flexibility index (Phi) is 6.78. The molecule has 0 bridgehead atoms. The summed E-state index contributed by atoms with van der Waals surface area (Å²) in [5, 5.41) is 12.2. The van der Waals surface area contributed by atoms with Crippen molar-refractivity contribution in [1.82, 2.24) is 5.32 Å². The Labute approximate surface area is 113 Å². The summed E-state index contributed by atoms with van der Waals surface area (Å²) < 4.78 is 4.80. The van der Waals surface area contributed by atoms with E-state index in [2.05, 4.69) is 17.9 Å². The number of carbonyl (C=O) groups excluding carboxylic acids is 1. The molecule has 0 aliphatic carbocycles. The standard InChI is InChI=1S/C13H19NO3S/c1-17-9-11(15)6-7-14-13(16)8-10-2-4-12(18)5-3-10/h2-5,11,15,18H,6-9H2,1H3,(H,14,16). The molecule has 0 saturated heterocycles. The Morgan fingerprint density at radius 1 is 1.44 bits per heavy atom. The van der Waals surface area contributed by atoms with Gasteiger partial charge in [-0.25, -0.2) is 0 Å². The highest BCUT2D eigenvalue weighted by molar-refractivity contribution is 7.80. The topological polar surface area (TPSA) is 58.6 Å². The molecule has 0 heterocycles. The zero-order chi connectivity index (χ0) is 13.4. The highest BCUT2D eigenvalue weighted by Gasteiger charge is 2.06. The van der Waals surface area contributed by atoms with Gasteiger partial charge in [-0.15, -0.1) is 12.6 Å². The summed E-state index contributed by atoms with van der Waals surface area (Å²) in [7, 11) is 1.53. The van der Waals surface area contributed by atoms with E-state index in [1.807, 2.05) is 24.3 Å². The number of aliphatic hydroxyl groups is 1. The molecule has 1 aromatic rings. The van der Waals surface area contributed by atoms with Gasteiger partial charge in [0.1, 0.15) is 0 Å². The van der Waals surface area contributed by atoms with Gasteiger partial charge in [0, 0.05) is 18.6 Å². The number of nitrogens with one attached hydrogen (secondary N) is 1. The van der Waals surface area contributed by atoms with Gasteiger partial charge in [-0.3, -0.25) is 4.79 Å². The molecule has 0 fully saturated rings. The van der Waals surface area contributed by atoms with Crippen molar-refractivity contribution in [2.75, 3.05) is 20.3 Å². The summed E-state index contributed by atoms with van der Waals surface area (Å²) in [4.78, 5) is 12.5. The highest BCUT2D eigenvalue weighted by atomic mass is 32.1. The molecule has 0 aliphatic heterocycles. The fraction of sp³-hybridized carbons (Fsp3) is 0.462. The second kappa shape index (κ2) is 8.13. The van der Waals surface area contributed by atoms with E-state index in [-0.39, 0.29) is 5.91 Å². The molecule has 2 N–H and O–H groups in total. The number of rotatable bonds is 7. The lowest BCUT2D eigenvalue weighted by Gasteiger charge is -2.10. The summed E-state index contributed by atoms with van der Waals surface area (Å²) >= 11 is 4.18. The smallest absolute Gasteiger partial charge is 0.224 e. The van der Waals surface area contributed by atoms with Crippen molar-refractivity contribution in [3.05, 3.63) is 29.8 Å². The minimum atomic E-state index is -0.529. The fourth-order valence-electron chi connectivity index (χ4n) is 1.52. The molecule has 0 radical (unpaired) electrons. The summed E-state index contributed by atoms with van der Waals surface area (Å²) in [5.74, 6) is -0.0495. The predicted octanol–water partition coefficient (Wildman–Crippen LogP) is 1.03. The third-order valence-corrected chi connectivity index (χ3v) is 2.76. The van der Waals surface area contributed by atoms with E-state index in [1.165, 1.54) is 7.11 Å². The summed E-state index contributed by atoms with van der Waals surface area (Å²) in [6, 6.07) is 7.46. The lowest BCUT2D eigenvalue weighted by Crippen LogP contribution is -2.29. The van der Waals surface area contributed by atoms with Crippen LogP contribution in [0, 0.1) is 0 Å². The number of methoxy groups -OCH3 is 1. The molecule has 18 heavy (non-hydrogen) atoms. The van der Waals surface area contributed by atoms with Crippen LogP contribution in [0.5, 0.6) is 0 Å². The van der Waals surface area contributed by atoms with Crippen LogP contribution in [0.2, 0.25) is 0 Å².